The van der Waals surface area contributed by atoms with Crippen molar-refractivity contribution in [3.63, 3.8) is 0 Å². The third kappa shape index (κ3) is 4.27. The standard InChI is InChI=1S/C21H21NO3/c1-4-11-19(23)18-15-10-14-17(16-12-8-7-9-13-16)20(18)25-21(24)22(5-2)6-3/h7-10,12-15H,5-6H2,1-3H3. The Bertz CT molecular complexity index is 812. The zero-order valence-electron chi connectivity index (χ0n) is 14.7. The highest BCUT2D eigenvalue weighted by atomic mass is 16.6. The fourth-order valence-electron chi connectivity index (χ4n) is 2.49. The Morgan fingerprint density at radius 3 is 2.28 bits per heavy atom. The van der Waals surface area contributed by atoms with Crippen LogP contribution in [0.4, 0.5) is 4.79 Å². The largest absolute Gasteiger partial charge is 0.415 e. The van der Waals surface area contributed by atoms with E-state index in [4.69, 9.17) is 4.74 Å². The molecule has 128 valence electrons. The average molecular weight is 335 g/mol. The summed E-state index contributed by atoms with van der Waals surface area (Å²) in [5, 5.41) is 0. The lowest BCUT2D eigenvalue weighted by atomic mass is 9.99. The summed E-state index contributed by atoms with van der Waals surface area (Å²) >= 11 is 0. The van der Waals surface area contributed by atoms with Crippen molar-refractivity contribution in [1.29, 1.82) is 0 Å². The van der Waals surface area contributed by atoms with Crippen LogP contribution in [-0.2, 0) is 0 Å². The second-order valence-electron chi connectivity index (χ2n) is 5.29. The average Bonchev–Trinajstić information content (AvgIpc) is 2.63. The Balaban J connectivity index is 2.57. The lowest BCUT2D eigenvalue weighted by Crippen LogP contribution is -2.33. The molecule has 0 saturated carbocycles. The first-order valence-corrected chi connectivity index (χ1v) is 8.24. The molecule has 1 amide bonds. The van der Waals surface area contributed by atoms with Crippen molar-refractivity contribution in [2.45, 2.75) is 20.8 Å². The van der Waals surface area contributed by atoms with Crippen LogP contribution in [0.5, 0.6) is 5.75 Å². The maximum atomic E-state index is 12.4. The van der Waals surface area contributed by atoms with Crippen molar-refractivity contribution < 1.29 is 14.3 Å². The molecule has 4 nitrogen and oxygen atoms in total. The Kier molecular flexibility index (Phi) is 6.36. The molecule has 0 spiro atoms. The van der Waals surface area contributed by atoms with Crippen molar-refractivity contribution in [1.82, 2.24) is 4.90 Å². The molecule has 2 aromatic rings. The van der Waals surface area contributed by atoms with E-state index in [0.29, 0.717) is 18.7 Å². The number of benzene rings is 2. The number of hydrogen-bond donors (Lipinski definition) is 0. The lowest BCUT2D eigenvalue weighted by molar-refractivity contribution is 0.105. The maximum absolute atomic E-state index is 12.4. The van der Waals surface area contributed by atoms with Crippen molar-refractivity contribution in [2.24, 2.45) is 0 Å². The minimum Gasteiger partial charge on any atom is -0.409 e. The summed E-state index contributed by atoms with van der Waals surface area (Å²) in [5.41, 5.74) is 1.84. The summed E-state index contributed by atoms with van der Waals surface area (Å²) in [5.74, 6) is 4.99. The van der Waals surface area contributed by atoms with Gasteiger partial charge < -0.3 is 9.64 Å². The summed E-state index contributed by atoms with van der Waals surface area (Å²) in [6, 6.07) is 14.7. The minimum atomic E-state index is -0.480. The van der Waals surface area contributed by atoms with Gasteiger partial charge in [0.2, 0.25) is 5.78 Å². The molecular weight excluding hydrogens is 314 g/mol. The van der Waals surface area contributed by atoms with E-state index in [9.17, 15) is 9.59 Å². The number of hydrogen-bond acceptors (Lipinski definition) is 3. The fraction of sp³-hybridized carbons (Fsp3) is 0.238. The van der Waals surface area contributed by atoms with Crippen LogP contribution >= 0.6 is 0 Å². The van der Waals surface area contributed by atoms with Crippen LogP contribution in [0.2, 0.25) is 0 Å². The first kappa shape index (κ1) is 18.3. The molecule has 2 rings (SSSR count). The van der Waals surface area contributed by atoms with Crippen LogP contribution in [-0.4, -0.2) is 29.9 Å². The van der Waals surface area contributed by atoms with Crippen LogP contribution < -0.4 is 4.74 Å². The van der Waals surface area contributed by atoms with Gasteiger partial charge in [0.25, 0.3) is 0 Å². The summed E-state index contributed by atoms with van der Waals surface area (Å²) in [4.78, 5) is 26.4. The summed E-state index contributed by atoms with van der Waals surface area (Å²) in [6.07, 6.45) is -0.480. The fourth-order valence-corrected chi connectivity index (χ4v) is 2.49. The quantitative estimate of drug-likeness (QED) is 0.462. The molecule has 0 heterocycles. The number of para-hydroxylation sites is 1. The lowest BCUT2D eigenvalue weighted by Gasteiger charge is -2.20. The predicted molar refractivity (Wildman–Crippen MR) is 98.6 cm³/mol. The van der Waals surface area contributed by atoms with Gasteiger partial charge in [-0.25, -0.2) is 4.79 Å². The summed E-state index contributed by atoms with van der Waals surface area (Å²) in [7, 11) is 0. The minimum absolute atomic E-state index is 0.248. The molecule has 0 aliphatic rings. The molecule has 0 aliphatic heterocycles. The van der Waals surface area contributed by atoms with E-state index in [0.717, 1.165) is 5.56 Å². The molecule has 0 aromatic heterocycles. The van der Waals surface area contributed by atoms with Crippen molar-refractivity contribution >= 4 is 11.9 Å². The molecule has 0 atom stereocenters. The van der Waals surface area contributed by atoms with E-state index in [1.165, 1.54) is 0 Å². The number of carbonyl (C=O) groups is 2. The molecule has 4 heteroatoms. The highest BCUT2D eigenvalue weighted by Crippen LogP contribution is 2.34. The Morgan fingerprint density at radius 1 is 1.00 bits per heavy atom. The topological polar surface area (TPSA) is 46.6 Å². The first-order valence-electron chi connectivity index (χ1n) is 8.24. The van der Waals surface area contributed by atoms with Gasteiger partial charge in [-0.05, 0) is 38.3 Å². The zero-order chi connectivity index (χ0) is 18.2. The van der Waals surface area contributed by atoms with E-state index in [1.807, 2.05) is 50.2 Å². The second kappa shape index (κ2) is 8.70. The molecule has 2 aromatic carbocycles. The van der Waals surface area contributed by atoms with Crippen LogP contribution in [0.25, 0.3) is 11.1 Å². The maximum Gasteiger partial charge on any atom is 0.415 e. The first-order chi connectivity index (χ1) is 12.1. The number of rotatable bonds is 5. The van der Waals surface area contributed by atoms with Gasteiger partial charge in [-0.1, -0.05) is 48.4 Å². The van der Waals surface area contributed by atoms with Gasteiger partial charge in [0, 0.05) is 18.7 Å². The van der Waals surface area contributed by atoms with Gasteiger partial charge >= 0.3 is 6.09 Å². The van der Waals surface area contributed by atoms with Gasteiger partial charge in [0.05, 0.1) is 5.56 Å². The van der Waals surface area contributed by atoms with Crippen LogP contribution in [0.15, 0.2) is 48.5 Å². The van der Waals surface area contributed by atoms with E-state index in [2.05, 4.69) is 11.8 Å². The third-order valence-electron chi connectivity index (χ3n) is 3.79. The number of ether oxygens (including phenoxy) is 1. The molecule has 0 bridgehead atoms. The van der Waals surface area contributed by atoms with Gasteiger partial charge in [0.15, 0.2) is 5.75 Å². The second-order valence-corrected chi connectivity index (χ2v) is 5.29. The van der Waals surface area contributed by atoms with Crippen molar-refractivity contribution in [3.8, 4) is 28.7 Å². The Hall–Kier alpha value is -3.06. The van der Waals surface area contributed by atoms with Gasteiger partial charge in [0.1, 0.15) is 0 Å². The highest BCUT2D eigenvalue weighted by molar-refractivity contribution is 6.12. The van der Waals surface area contributed by atoms with E-state index < -0.39 is 6.09 Å². The molecule has 0 N–H and O–H groups in total. The smallest absolute Gasteiger partial charge is 0.409 e. The van der Waals surface area contributed by atoms with E-state index in [1.54, 1.807) is 24.0 Å². The molecule has 0 saturated heterocycles. The Labute approximate surface area is 148 Å². The van der Waals surface area contributed by atoms with Crippen LogP contribution in [0.1, 0.15) is 31.1 Å². The normalized spacial score (nSPS) is 9.72. The molecule has 0 aliphatic carbocycles. The Morgan fingerprint density at radius 2 is 1.68 bits per heavy atom. The van der Waals surface area contributed by atoms with Crippen LogP contribution in [0, 0.1) is 11.8 Å². The molecular formula is C21H21NO3. The predicted octanol–water partition coefficient (Wildman–Crippen LogP) is 4.40. The molecule has 0 radical (unpaired) electrons. The number of carbonyl (C=O) groups excluding carboxylic acids is 2. The zero-order valence-corrected chi connectivity index (χ0v) is 14.7. The SMILES string of the molecule is CC#CC(=O)c1cccc(-c2ccccc2)c1OC(=O)N(CC)CC. The third-order valence-corrected chi connectivity index (χ3v) is 3.79. The summed E-state index contributed by atoms with van der Waals surface area (Å²) in [6.45, 7) is 6.41. The summed E-state index contributed by atoms with van der Waals surface area (Å²) < 4.78 is 5.64. The number of nitrogens with zero attached hydrogens (tertiary/aromatic N) is 1. The van der Waals surface area contributed by atoms with E-state index in [-0.39, 0.29) is 17.1 Å². The van der Waals surface area contributed by atoms with Crippen LogP contribution in [0.3, 0.4) is 0 Å². The van der Waals surface area contributed by atoms with Gasteiger partial charge in [-0.2, -0.15) is 0 Å². The highest BCUT2D eigenvalue weighted by Gasteiger charge is 2.21. The number of Topliss-reactive ketones (excluding diaryl/α,β-unsaturated/α-hetero) is 1. The van der Waals surface area contributed by atoms with Crippen molar-refractivity contribution in [3.05, 3.63) is 54.1 Å². The van der Waals surface area contributed by atoms with Crippen molar-refractivity contribution in [2.75, 3.05) is 13.1 Å². The molecule has 0 fully saturated rings. The van der Waals surface area contributed by atoms with Gasteiger partial charge in [-0.3, -0.25) is 4.79 Å². The molecule has 25 heavy (non-hydrogen) atoms. The van der Waals surface area contributed by atoms with E-state index >= 15 is 0 Å². The monoisotopic (exact) mass is 335 g/mol. The van der Waals surface area contributed by atoms with Gasteiger partial charge in [-0.15, -0.1) is 0 Å². The number of amides is 1. The number of ketones is 1. The molecule has 0 unspecified atom stereocenters.